The zero-order chi connectivity index (χ0) is 12.3. The van der Waals surface area contributed by atoms with Crippen LogP contribution in [0.2, 0.25) is 0 Å². The Kier molecular flexibility index (Phi) is 4.15. The zero-order valence-electron chi connectivity index (χ0n) is 11.1. The van der Waals surface area contributed by atoms with Gasteiger partial charge in [0.05, 0.1) is 6.17 Å². The van der Waals surface area contributed by atoms with Gasteiger partial charge in [0.15, 0.2) is 0 Å². The van der Waals surface area contributed by atoms with Crippen molar-refractivity contribution in [2.24, 2.45) is 0 Å². The highest BCUT2D eigenvalue weighted by atomic mass is 15.3. The molecule has 1 unspecified atom stereocenters. The van der Waals surface area contributed by atoms with E-state index in [-0.39, 0.29) is 0 Å². The van der Waals surface area contributed by atoms with E-state index in [1.54, 1.807) is 0 Å². The lowest BCUT2D eigenvalue weighted by Crippen LogP contribution is -2.48. The molecule has 3 heteroatoms. The van der Waals surface area contributed by atoms with Crippen LogP contribution < -0.4 is 5.32 Å². The fraction of sp³-hybridized carbons (Fsp3) is 0.571. The first-order chi connectivity index (χ1) is 8.18. The molecule has 0 radical (unpaired) electrons. The minimum atomic E-state index is 0.400. The Labute approximate surface area is 104 Å². The van der Waals surface area contributed by atoms with Gasteiger partial charge in [-0.3, -0.25) is 9.80 Å². The molecule has 2 rings (SSSR count). The van der Waals surface area contributed by atoms with Crippen LogP contribution in [0.4, 0.5) is 0 Å². The molecule has 3 nitrogen and oxygen atoms in total. The molecule has 1 N–H and O–H groups in total. The van der Waals surface area contributed by atoms with E-state index in [2.05, 4.69) is 60.4 Å². The van der Waals surface area contributed by atoms with Crippen LogP contribution in [-0.2, 0) is 0 Å². The first kappa shape index (κ1) is 12.6. The van der Waals surface area contributed by atoms with E-state index < -0.39 is 0 Å². The smallest absolute Gasteiger partial charge is 0.0882 e. The maximum absolute atomic E-state index is 3.41. The summed E-state index contributed by atoms with van der Waals surface area (Å²) in [6, 6.07) is 8.85. The predicted molar refractivity (Wildman–Crippen MR) is 72.0 cm³/mol. The second-order valence-corrected chi connectivity index (χ2v) is 5.04. The van der Waals surface area contributed by atoms with E-state index in [1.807, 2.05) is 0 Å². The maximum Gasteiger partial charge on any atom is 0.0882 e. The molecule has 1 saturated heterocycles. The molecule has 1 aromatic rings. The Balaban J connectivity index is 2.21. The Morgan fingerprint density at radius 3 is 2.53 bits per heavy atom. The monoisotopic (exact) mass is 233 g/mol. The highest BCUT2D eigenvalue weighted by Crippen LogP contribution is 2.23. The summed E-state index contributed by atoms with van der Waals surface area (Å²) in [6.45, 7) is 6.59. The van der Waals surface area contributed by atoms with Crippen molar-refractivity contribution in [2.75, 3.05) is 40.3 Å². The second-order valence-electron chi connectivity index (χ2n) is 5.04. The van der Waals surface area contributed by atoms with Crippen LogP contribution in [0.1, 0.15) is 17.3 Å². The summed E-state index contributed by atoms with van der Waals surface area (Å²) in [5.41, 5.74) is 2.74. The van der Waals surface area contributed by atoms with Crippen molar-refractivity contribution in [1.82, 2.24) is 15.1 Å². The summed E-state index contributed by atoms with van der Waals surface area (Å²) in [7, 11) is 4.32. The summed E-state index contributed by atoms with van der Waals surface area (Å²) < 4.78 is 0. The minimum Gasteiger partial charge on any atom is -0.314 e. The first-order valence-electron chi connectivity index (χ1n) is 6.36. The van der Waals surface area contributed by atoms with Gasteiger partial charge in [-0.2, -0.15) is 0 Å². The number of hydrogen-bond donors (Lipinski definition) is 1. The Bertz CT molecular complexity index is 356. The largest absolute Gasteiger partial charge is 0.314 e. The zero-order valence-corrected chi connectivity index (χ0v) is 11.1. The third kappa shape index (κ3) is 3.06. The first-order valence-corrected chi connectivity index (χ1v) is 6.36. The summed E-state index contributed by atoms with van der Waals surface area (Å²) in [4.78, 5) is 4.85. The lowest BCUT2D eigenvalue weighted by atomic mass is 10.1. The standard InChI is InChI=1S/C14H23N3/c1-12-5-4-6-13(11-12)14(16(2)3)17-9-7-15-8-10-17/h4-6,11,14-15H,7-10H2,1-3H3. The molecule has 94 valence electrons. The molecular weight excluding hydrogens is 210 g/mol. The highest BCUT2D eigenvalue weighted by molar-refractivity contribution is 5.25. The number of nitrogens with zero attached hydrogens (tertiary/aromatic N) is 2. The van der Waals surface area contributed by atoms with Gasteiger partial charge in [-0.1, -0.05) is 29.8 Å². The summed E-state index contributed by atoms with van der Waals surface area (Å²) in [5, 5.41) is 3.41. The van der Waals surface area contributed by atoms with Gasteiger partial charge in [0.2, 0.25) is 0 Å². The van der Waals surface area contributed by atoms with Crippen LogP contribution in [0.5, 0.6) is 0 Å². The van der Waals surface area contributed by atoms with Crippen molar-refractivity contribution in [2.45, 2.75) is 13.1 Å². The minimum absolute atomic E-state index is 0.400. The third-order valence-electron chi connectivity index (χ3n) is 3.33. The van der Waals surface area contributed by atoms with Crippen molar-refractivity contribution in [3.05, 3.63) is 35.4 Å². The Morgan fingerprint density at radius 1 is 1.24 bits per heavy atom. The summed E-state index contributed by atoms with van der Waals surface area (Å²) in [6.07, 6.45) is 0.400. The van der Waals surface area contributed by atoms with Gasteiger partial charge in [0.25, 0.3) is 0 Å². The third-order valence-corrected chi connectivity index (χ3v) is 3.33. The average molecular weight is 233 g/mol. The quantitative estimate of drug-likeness (QED) is 0.853. The topological polar surface area (TPSA) is 18.5 Å². The lowest BCUT2D eigenvalue weighted by Gasteiger charge is -2.39. The van der Waals surface area contributed by atoms with Gasteiger partial charge in [-0.25, -0.2) is 0 Å². The van der Waals surface area contributed by atoms with Gasteiger partial charge in [-0.05, 0) is 26.6 Å². The molecule has 17 heavy (non-hydrogen) atoms. The normalized spacial score (nSPS) is 19.5. The van der Waals surface area contributed by atoms with Gasteiger partial charge in [0, 0.05) is 26.2 Å². The number of aryl methyl sites for hydroxylation is 1. The average Bonchev–Trinajstić information content (AvgIpc) is 2.30. The van der Waals surface area contributed by atoms with Crippen LogP contribution >= 0.6 is 0 Å². The molecular formula is C14H23N3. The molecule has 1 fully saturated rings. The van der Waals surface area contributed by atoms with Crippen molar-refractivity contribution < 1.29 is 0 Å². The van der Waals surface area contributed by atoms with E-state index >= 15 is 0 Å². The predicted octanol–water partition coefficient (Wildman–Crippen LogP) is 1.46. The van der Waals surface area contributed by atoms with Crippen molar-refractivity contribution >= 4 is 0 Å². The SMILES string of the molecule is Cc1cccc(C(N(C)C)N2CCNCC2)c1. The maximum atomic E-state index is 3.41. The molecule has 0 aliphatic carbocycles. The molecule has 0 amide bonds. The van der Waals surface area contributed by atoms with Gasteiger partial charge < -0.3 is 5.32 Å². The lowest BCUT2D eigenvalue weighted by molar-refractivity contribution is 0.0672. The number of piperazine rings is 1. The molecule has 1 aromatic carbocycles. The number of hydrogen-bond acceptors (Lipinski definition) is 3. The molecule has 0 bridgehead atoms. The van der Waals surface area contributed by atoms with Crippen LogP contribution in [-0.4, -0.2) is 50.1 Å². The van der Waals surface area contributed by atoms with Crippen LogP contribution in [0.25, 0.3) is 0 Å². The van der Waals surface area contributed by atoms with Crippen LogP contribution in [0.3, 0.4) is 0 Å². The highest BCUT2D eigenvalue weighted by Gasteiger charge is 2.23. The fourth-order valence-electron chi connectivity index (χ4n) is 2.59. The molecule has 0 aromatic heterocycles. The van der Waals surface area contributed by atoms with Crippen molar-refractivity contribution in [3.8, 4) is 0 Å². The Hall–Kier alpha value is -0.900. The van der Waals surface area contributed by atoms with Crippen molar-refractivity contribution in [3.63, 3.8) is 0 Å². The molecule has 1 aliphatic rings. The summed E-state index contributed by atoms with van der Waals surface area (Å²) >= 11 is 0. The molecule has 1 atom stereocenters. The number of rotatable bonds is 3. The van der Waals surface area contributed by atoms with Crippen LogP contribution in [0, 0.1) is 6.92 Å². The van der Waals surface area contributed by atoms with Crippen LogP contribution in [0.15, 0.2) is 24.3 Å². The summed E-state index contributed by atoms with van der Waals surface area (Å²) in [5.74, 6) is 0. The van der Waals surface area contributed by atoms with Gasteiger partial charge in [-0.15, -0.1) is 0 Å². The second kappa shape index (κ2) is 5.63. The Morgan fingerprint density at radius 2 is 1.94 bits per heavy atom. The van der Waals surface area contributed by atoms with E-state index in [0.717, 1.165) is 26.2 Å². The van der Waals surface area contributed by atoms with Gasteiger partial charge >= 0.3 is 0 Å². The fourth-order valence-corrected chi connectivity index (χ4v) is 2.59. The van der Waals surface area contributed by atoms with Crippen molar-refractivity contribution in [1.29, 1.82) is 0 Å². The van der Waals surface area contributed by atoms with Gasteiger partial charge in [0.1, 0.15) is 0 Å². The molecule has 1 heterocycles. The van der Waals surface area contributed by atoms with E-state index in [1.165, 1.54) is 11.1 Å². The van der Waals surface area contributed by atoms with E-state index in [4.69, 9.17) is 0 Å². The number of benzene rings is 1. The molecule has 0 saturated carbocycles. The molecule has 1 aliphatic heterocycles. The molecule has 0 spiro atoms. The number of nitrogens with one attached hydrogen (secondary N) is 1. The van der Waals surface area contributed by atoms with E-state index in [9.17, 15) is 0 Å². The van der Waals surface area contributed by atoms with E-state index in [0.29, 0.717) is 6.17 Å².